The molecule has 0 saturated carbocycles. The normalized spacial score (nSPS) is 20.9. The van der Waals surface area contributed by atoms with Crippen molar-refractivity contribution in [3.63, 3.8) is 0 Å². The Labute approximate surface area is 160 Å². The Morgan fingerprint density at radius 1 is 1.22 bits per heavy atom. The van der Waals surface area contributed by atoms with E-state index in [4.69, 9.17) is 9.47 Å². The first-order valence-electron chi connectivity index (χ1n) is 9.19. The number of sulfonamides is 1. The monoisotopic (exact) mass is 397 g/mol. The second-order valence-electron chi connectivity index (χ2n) is 6.79. The first-order chi connectivity index (χ1) is 13.0. The first-order valence-corrected chi connectivity index (χ1v) is 10.6. The summed E-state index contributed by atoms with van der Waals surface area (Å²) in [6, 6.07) is 6.64. The van der Waals surface area contributed by atoms with E-state index in [0.29, 0.717) is 45.7 Å². The zero-order valence-electron chi connectivity index (χ0n) is 15.6. The summed E-state index contributed by atoms with van der Waals surface area (Å²) in [5.41, 5.74) is 0.0506. The summed E-state index contributed by atoms with van der Waals surface area (Å²) in [5, 5.41) is 6.14. The van der Waals surface area contributed by atoms with Gasteiger partial charge in [0, 0.05) is 26.7 Å². The van der Waals surface area contributed by atoms with Gasteiger partial charge in [0.15, 0.2) is 0 Å². The maximum atomic E-state index is 12.6. The number of piperidine rings is 1. The molecule has 2 heterocycles. The number of methoxy groups -OCH3 is 1. The van der Waals surface area contributed by atoms with E-state index >= 15 is 0 Å². The van der Waals surface area contributed by atoms with Gasteiger partial charge >= 0.3 is 0 Å². The molecule has 8 nitrogen and oxygen atoms in total. The van der Waals surface area contributed by atoms with Gasteiger partial charge in [0.05, 0.1) is 18.1 Å². The third-order valence-electron chi connectivity index (χ3n) is 5.20. The number of nitrogens with zero attached hydrogens (tertiary/aromatic N) is 1. The Morgan fingerprint density at radius 3 is 2.44 bits per heavy atom. The van der Waals surface area contributed by atoms with Gasteiger partial charge in [0.1, 0.15) is 5.60 Å². The van der Waals surface area contributed by atoms with Gasteiger partial charge in [0.2, 0.25) is 10.0 Å². The molecule has 0 aliphatic carbocycles. The fraction of sp³-hybridized carbons (Fsp3) is 0.611. The fourth-order valence-corrected chi connectivity index (χ4v) is 4.82. The van der Waals surface area contributed by atoms with Gasteiger partial charge in [-0.05, 0) is 43.6 Å². The van der Waals surface area contributed by atoms with E-state index in [0.717, 1.165) is 18.7 Å². The van der Waals surface area contributed by atoms with Crippen LogP contribution in [-0.2, 0) is 30.8 Å². The minimum absolute atomic E-state index is 0.128. The van der Waals surface area contributed by atoms with Crippen LogP contribution in [0, 0.1) is 0 Å². The molecular formula is C18H27N3O5S. The van der Waals surface area contributed by atoms with Crippen molar-refractivity contribution in [2.24, 2.45) is 0 Å². The van der Waals surface area contributed by atoms with Crippen molar-refractivity contribution in [1.29, 1.82) is 0 Å². The van der Waals surface area contributed by atoms with Crippen LogP contribution in [0.5, 0.6) is 0 Å². The highest BCUT2D eigenvalue weighted by Gasteiger charge is 2.39. The highest BCUT2D eigenvalue weighted by Crippen LogP contribution is 2.23. The number of amides is 1. The molecule has 0 radical (unpaired) electrons. The van der Waals surface area contributed by atoms with Gasteiger partial charge in [-0.25, -0.2) is 8.42 Å². The molecule has 1 aromatic carbocycles. The summed E-state index contributed by atoms with van der Waals surface area (Å²) < 4.78 is 37.4. The lowest BCUT2D eigenvalue weighted by Crippen LogP contribution is -2.53. The molecule has 2 fully saturated rings. The summed E-state index contributed by atoms with van der Waals surface area (Å²) >= 11 is 0. The zero-order chi connectivity index (χ0) is 19.3. The number of carbonyl (C=O) groups excluding carboxylic acids is 1. The van der Waals surface area contributed by atoms with E-state index in [9.17, 15) is 13.2 Å². The molecule has 2 saturated heterocycles. The third-order valence-corrected chi connectivity index (χ3v) is 7.11. The summed E-state index contributed by atoms with van der Waals surface area (Å²) in [4.78, 5) is 12.8. The maximum Gasteiger partial charge on any atom is 0.252 e. The predicted molar refractivity (Wildman–Crippen MR) is 99.7 cm³/mol. The lowest BCUT2D eigenvalue weighted by molar-refractivity contribution is -0.146. The number of hydrogen-bond donors (Lipinski definition) is 2. The Hall–Kier alpha value is -1.52. The van der Waals surface area contributed by atoms with Crippen LogP contribution in [0.2, 0.25) is 0 Å². The Bertz CT molecular complexity index is 739. The number of rotatable bonds is 6. The van der Waals surface area contributed by atoms with Crippen LogP contribution in [0.1, 0.15) is 18.4 Å². The molecular weight excluding hydrogens is 370 g/mol. The molecule has 2 aliphatic rings. The number of hydrogen-bond acceptors (Lipinski definition) is 6. The van der Waals surface area contributed by atoms with Gasteiger partial charge in [0.25, 0.3) is 5.91 Å². The van der Waals surface area contributed by atoms with E-state index in [2.05, 4.69) is 10.6 Å². The first kappa shape index (κ1) is 20.2. The summed E-state index contributed by atoms with van der Waals surface area (Å²) in [6.45, 7) is 3.39. The Morgan fingerprint density at radius 2 is 1.85 bits per heavy atom. The van der Waals surface area contributed by atoms with Crippen molar-refractivity contribution in [3.05, 3.63) is 29.8 Å². The molecule has 2 aliphatic heterocycles. The molecule has 0 bridgehead atoms. The smallest absolute Gasteiger partial charge is 0.252 e. The number of ether oxygens (including phenoxy) is 2. The van der Waals surface area contributed by atoms with Gasteiger partial charge in [-0.3, -0.25) is 4.79 Å². The van der Waals surface area contributed by atoms with E-state index in [1.807, 2.05) is 0 Å². The second kappa shape index (κ2) is 8.66. The standard InChI is InChI=1S/C18H27N3O5S/c1-25-18(6-8-19-9-7-18)17(22)20-14-15-2-4-16(5-3-15)27(23,24)21-10-12-26-13-11-21/h2-5,19H,6-14H2,1H3,(H,20,22). The van der Waals surface area contributed by atoms with Gasteiger partial charge in [-0.1, -0.05) is 12.1 Å². The topological polar surface area (TPSA) is 97.0 Å². The van der Waals surface area contributed by atoms with Gasteiger partial charge in [-0.2, -0.15) is 4.31 Å². The van der Waals surface area contributed by atoms with Crippen LogP contribution < -0.4 is 10.6 Å². The van der Waals surface area contributed by atoms with Crippen molar-refractivity contribution >= 4 is 15.9 Å². The van der Waals surface area contributed by atoms with Crippen molar-refractivity contribution in [1.82, 2.24) is 14.9 Å². The van der Waals surface area contributed by atoms with E-state index < -0.39 is 15.6 Å². The van der Waals surface area contributed by atoms with Crippen LogP contribution >= 0.6 is 0 Å². The van der Waals surface area contributed by atoms with E-state index in [1.54, 1.807) is 31.4 Å². The SMILES string of the molecule is COC1(C(=O)NCc2ccc(S(=O)(=O)N3CCOCC3)cc2)CCNCC1. The summed E-state index contributed by atoms with van der Waals surface area (Å²) in [7, 11) is -1.94. The Kier molecular flexibility index (Phi) is 6.48. The highest BCUT2D eigenvalue weighted by atomic mass is 32.2. The van der Waals surface area contributed by atoms with Crippen molar-refractivity contribution < 1.29 is 22.7 Å². The molecule has 1 amide bonds. The molecule has 0 atom stereocenters. The minimum atomic E-state index is -3.50. The molecule has 0 spiro atoms. The largest absolute Gasteiger partial charge is 0.379 e. The van der Waals surface area contributed by atoms with E-state index in [1.165, 1.54) is 4.31 Å². The molecule has 0 aromatic heterocycles. The van der Waals surface area contributed by atoms with Crippen molar-refractivity contribution in [2.75, 3.05) is 46.5 Å². The molecule has 150 valence electrons. The molecule has 9 heteroatoms. The second-order valence-corrected chi connectivity index (χ2v) is 8.73. The number of nitrogens with one attached hydrogen (secondary N) is 2. The predicted octanol–water partition coefficient (Wildman–Crippen LogP) is 0.0923. The molecule has 3 rings (SSSR count). The van der Waals surface area contributed by atoms with Crippen LogP contribution in [0.3, 0.4) is 0 Å². The van der Waals surface area contributed by atoms with Crippen molar-refractivity contribution in [2.45, 2.75) is 29.9 Å². The van der Waals surface area contributed by atoms with Crippen molar-refractivity contribution in [3.8, 4) is 0 Å². The maximum absolute atomic E-state index is 12.6. The third kappa shape index (κ3) is 4.49. The summed E-state index contributed by atoms with van der Waals surface area (Å²) in [6.07, 6.45) is 1.26. The van der Waals surface area contributed by atoms with E-state index in [-0.39, 0.29) is 10.8 Å². The van der Waals surface area contributed by atoms with Gasteiger partial charge in [-0.15, -0.1) is 0 Å². The number of benzene rings is 1. The molecule has 2 N–H and O–H groups in total. The zero-order valence-corrected chi connectivity index (χ0v) is 16.4. The van der Waals surface area contributed by atoms with Gasteiger partial charge < -0.3 is 20.1 Å². The van der Waals surface area contributed by atoms with Crippen LogP contribution in [0.4, 0.5) is 0 Å². The average molecular weight is 397 g/mol. The van der Waals surface area contributed by atoms with Crippen LogP contribution in [0.15, 0.2) is 29.2 Å². The molecule has 1 aromatic rings. The fourth-order valence-electron chi connectivity index (χ4n) is 3.41. The minimum Gasteiger partial charge on any atom is -0.379 e. The lowest BCUT2D eigenvalue weighted by atomic mass is 9.91. The average Bonchev–Trinajstić information content (AvgIpc) is 2.73. The van der Waals surface area contributed by atoms with Crippen LogP contribution in [0.25, 0.3) is 0 Å². The lowest BCUT2D eigenvalue weighted by Gasteiger charge is -2.34. The number of morpholine rings is 1. The Balaban J connectivity index is 1.61. The molecule has 0 unspecified atom stereocenters. The number of carbonyl (C=O) groups is 1. The highest BCUT2D eigenvalue weighted by molar-refractivity contribution is 7.89. The summed E-state index contributed by atoms with van der Waals surface area (Å²) in [5.74, 6) is -0.128. The molecule has 27 heavy (non-hydrogen) atoms. The van der Waals surface area contributed by atoms with Crippen LogP contribution in [-0.4, -0.2) is 70.7 Å². The quantitative estimate of drug-likeness (QED) is 0.706.